The van der Waals surface area contributed by atoms with Crippen LogP contribution < -0.4 is 5.84 Å². The number of rotatable bonds is 3. The summed E-state index contributed by atoms with van der Waals surface area (Å²) in [6, 6.07) is 0. The normalized spacial score (nSPS) is 22.8. The number of thiol groups is 2. The molecule has 0 aromatic heterocycles. The number of hydrogen-bond donors (Lipinski definition) is 3. The van der Waals surface area contributed by atoms with Gasteiger partial charge in [-0.2, -0.15) is 4.99 Å². The van der Waals surface area contributed by atoms with Crippen molar-refractivity contribution in [3.63, 3.8) is 0 Å². The molecule has 0 bridgehead atoms. The molecule has 0 fully saturated rings. The number of unbranched alkanes of at least 4 members (excludes halogenated alkanes) is 1. The monoisotopic (exact) mass is 218 g/mol. The molecular weight excluding hydrogens is 204 g/mol. The Kier molecular flexibility index (Phi) is 4.08. The molecule has 1 unspecified atom stereocenters. The molecule has 1 heterocycles. The fourth-order valence-corrected chi connectivity index (χ4v) is 1.63. The van der Waals surface area contributed by atoms with Crippen LogP contribution in [0.4, 0.5) is 0 Å². The second-order valence-electron chi connectivity index (χ2n) is 2.87. The summed E-state index contributed by atoms with van der Waals surface area (Å²) in [6.07, 6.45) is 3.07. The summed E-state index contributed by atoms with van der Waals surface area (Å²) in [5.41, 5.74) is 0. The van der Waals surface area contributed by atoms with Crippen LogP contribution in [0.15, 0.2) is 9.98 Å². The zero-order valence-corrected chi connectivity index (χ0v) is 9.30. The number of amidine groups is 2. The van der Waals surface area contributed by atoms with Crippen LogP contribution in [0.5, 0.6) is 0 Å². The van der Waals surface area contributed by atoms with E-state index in [1.165, 1.54) is 5.01 Å². The molecule has 4 nitrogen and oxygen atoms in total. The Morgan fingerprint density at radius 1 is 1.54 bits per heavy atom. The highest BCUT2D eigenvalue weighted by molar-refractivity contribution is 7.98. The van der Waals surface area contributed by atoms with Gasteiger partial charge < -0.3 is 0 Å². The van der Waals surface area contributed by atoms with Crippen LogP contribution in [0.1, 0.15) is 26.2 Å². The summed E-state index contributed by atoms with van der Waals surface area (Å²) in [4.78, 5) is 8.11. The first-order valence-electron chi connectivity index (χ1n) is 4.23. The average molecular weight is 218 g/mol. The highest BCUT2D eigenvalue weighted by Gasteiger charge is 2.20. The van der Waals surface area contributed by atoms with Gasteiger partial charge >= 0.3 is 0 Å². The maximum absolute atomic E-state index is 5.71. The van der Waals surface area contributed by atoms with Crippen molar-refractivity contribution in [1.29, 1.82) is 0 Å². The van der Waals surface area contributed by atoms with Crippen molar-refractivity contribution in [1.82, 2.24) is 5.01 Å². The largest absolute Gasteiger partial charge is 0.265 e. The van der Waals surface area contributed by atoms with Gasteiger partial charge in [0, 0.05) is 0 Å². The standard InChI is InChI=1S/C7H14N4S2/c1-2-3-4-5-9-6(12)10-7(13)11(5)8/h5H,2-4,8H2,1H3,(H2,9,10,12,13). The highest BCUT2D eigenvalue weighted by Crippen LogP contribution is 2.14. The Hall–Kier alpha value is -0.200. The lowest BCUT2D eigenvalue weighted by molar-refractivity contribution is 0.309. The molecule has 0 amide bonds. The van der Waals surface area contributed by atoms with Gasteiger partial charge in [0.2, 0.25) is 0 Å². The number of nitrogens with zero attached hydrogens (tertiary/aromatic N) is 3. The lowest BCUT2D eigenvalue weighted by atomic mass is 10.2. The molecule has 0 saturated carbocycles. The van der Waals surface area contributed by atoms with Gasteiger partial charge in [0.05, 0.1) is 0 Å². The third-order valence-corrected chi connectivity index (χ3v) is 2.38. The second-order valence-corrected chi connectivity index (χ2v) is 3.67. The van der Waals surface area contributed by atoms with Crippen LogP contribution in [-0.2, 0) is 0 Å². The van der Waals surface area contributed by atoms with E-state index in [1.54, 1.807) is 0 Å². The van der Waals surface area contributed by atoms with E-state index in [-0.39, 0.29) is 6.17 Å². The molecule has 1 rings (SSSR count). The Balaban J connectivity index is 2.60. The lowest BCUT2D eigenvalue weighted by Gasteiger charge is -2.27. The Morgan fingerprint density at radius 2 is 2.23 bits per heavy atom. The molecule has 13 heavy (non-hydrogen) atoms. The first-order valence-corrected chi connectivity index (χ1v) is 5.13. The van der Waals surface area contributed by atoms with Crippen LogP contribution in [0.2, 0.25) is 0 Å². The number of hydrogen-bond acceptors (Lipinski definition) is 4. The van der Waals surface area contributed by atoms with Crippen LogP contribution in [0, 0.1) is 0 Å². The Morgan fingerprint density at radius 3 is 2.85 bits per heavy atom. The summed E-state index contributed by atoms with van der Waals surface area (Å²) in [5, 5.41) is 2.40. The van der Waals surface area contributed by atoms with Crippen molar-refractivity contribution in [2.24, 2.45) is 15.8 Å². The minimum atomic E-state index is -0.0579. The van der Waals surface area contributed by atoms with Gasteiger partial charge in [0.15, 0.2) is 10.3 Å². The van der Waals surface area contributed by atoms with E-state index in [0.29, 0.717) is 10.3 Å². The number of hydrazine groups is 1. The summed E-state index contributed by atoms with van der Waals surface area (Å²) < 4.78 is 0. The summed E-state index contributed by atoms with van der Waals surface area (Å²) in [6.45, 7) is 2.13. The maximum Gasteiger partial charge on any atom is 0.184 e. The van der Waals surface area contributed by atoms with E-state index >= 15 is 0 Å². The second kappa shape index (κ2) is 4.88. The number of aliphatic imine (C=N–C) groups is 2. The van der Waals surface area contributed by atoms with Crippen LogP contribution in [0.3, 0.4) is 0 Å². The molecule has 0 aliphatic carbocycles. The van der Waals surface area contributed by atoms with Crippen molar-refractivity contribution in [2.75, 3.05) is 0 Å². The third kappa shape index (κ3) is 2.89. The molecule has 0 aromatic rings. The predicted octanol–water partition coefficient (Wildman–Crippen LogP) is 1.26. The predicted molar refractivity (Wildman–Crippen MR) is 62.2 cm³/mol. The Labute approximate surface area is 89.1 Å². The minimum Gasteiger partial charge on any atom is -0.265 e. The SMILES string of the molecule is CCCCC1N=C(S)N=C(S)N1N. The van der Waals surface area contributed by atoms with E-state index in [4.69, 9.17) is 5.84 Å². The van der Waals surface area contributed by atoms with E-state index < -0.39 is 0 Å². The van der Waals surface area contributed by atoms with Crippen LogP contribution in [0.25, 0.3) is 0 Å². The van der Waals surface area contributed by atoms with Gasteiger partial charge in [-0.25, -0.2) is 10.8 Å². The molecule has 0 radical (unpaired) electrons. The van der Waals surface area contributed by atoms with Gasteiger partial charge in [0.25, 0.3) is 0 Å². The molecular formula is C7H14N4S2. The molecule has 1 atom stereocenters. The molecule has 6 heteroatoms. The average Bonchev–Trinajstić information content (AvgIpc) is 2.09. The molecule has 0 saturated heterocycles. The molecule has 0 spiro atoms. The zero-order chi connectivity index (χ0) is 9.84. The third-order valence-electron chi connectivity index (χ3n) is 1.83. The van der Waals surface area contributed by atoms with Crippen molar-refractivity contribution in [3.8, 4) is 0 Å². The van der Waals surface area contributed by atoms with Crippen molar-refractivity contribution >= 4 is 35.6 Å². The molecule has 1 aliphatic heterocycles. The van der Waals surface area contributed by atoms with Gasteiger partial charge in [-0.05, 0) is 12.8 Å². The van der Waals surface area contributed by atoms with Gasteiger partial charge in [-0.3, -0.25) is 5.01 Å². The zero-order valence-electron chi connectivity index (χ0n) is 7.51. The van der Waals surface area contributed by atoms with Gasteiger partial charge in [-0.1, -0.05) is 13.3 Å². The van der Waals surface area contributed by atoms with Crippen LogP contribution in [-0.4, -0.2) is 21.5 Å². The van der Waals surface area contributed by atoms with Gasteiger partial charge in [-0.15, -0.1) is 25.3 Å². The van der Waals surface area contributed by atoms with E-state index in [1.807, 2.05) is 0 Å². The molecule has 2 N–H and O–H groups in total. The first-order chi connectivity index (χ1) is 6.15. The van der Waals surface area contributed by atoms with E-state index in [2.05, 4.69) is 42.2 Å². The fourth-order valence-electron chi connectivity index (χ4n) is 1.10. The Bertz CT molecular complexity index is 239. The minimum absolute atomic E-state index is 0.0579. The smallest absolute Gasteiger partial charge is 0.184 e. The molecule has 1 aliphatic rings. The van der Waals surface area contributed by atoms with E-state index in [0.717, 1.165) is 19.3 Å². The topological polar surface area (TPSA) is 54.0 Å². The molecule has 0 aromatic carbocycles. The number of nitrogens with two attached hydrogens (primary N) is 1. The summed E-state index contributed by atoms with van der Waals surface area (Å²) in [5.74, 6) is 5.71. The molecule has 74 valence electrons. The highest BCUT2D eigenvalue weighted by atomic mass is 32.1. The quantitative estimate of drug-likeness (QED) is 0.493. The summed E-state index contributed by atoms with van der Waals surface area (Å²) in [7, 11) is 0. The fraction of sp³-hybridized carbons (Fsp3) is 0.714. The van der Waals surface area contributed by atoms with Gasteiger partial charge in [0.1, 0.15) is 6.17 Å². The van der Waals surface area contributed by atoms with Crippen molar-refractivity contribution in [3.05, 3.63) is 0 Å². The van der Waals surface area contributed by atoms with Crippen molar-refractivity contribution in [2.45, 2.75) is 32.4 Å². The van der Waals surface area contributed by atoms with E-state index in [9.17, 15) is 0 Å². The van der Waals surface area contributed by atoms with Crippen LogP contribution >= 0.6 is 25.3 Å². The summed E-state index contributed by atoms with van der Waals surface area (Å²) >= 11 is 8.19. The first kappa shape index (κ1) is 10.9. The maximum atomic E-state index is 5.71. The lowest BCUT2D eigenvalue weighted by Crippen LogP contribution is -2.45. The van der Waals surface area contributed by atoms with Crippen molar-refractivity contribution < 1.29 is 0 Å².